The molecule has 1 aliphatic heterocycles. The predicted octanol–water partition coefficient (Wildman–Crippen LogP) is 0.397. The van der Waals surface area contributed by atoms with Gasteiger partial charge in [0.15, 0.2) is 4.91 Å². The van der Waals surface area contributed by atoms with Gasteiger partial charge in [-0.1, -0.05) is 19.6 Å². The number of rotatable bonds is 6. The summed E-state index contributed by atoms with van der Waals surface area (Å²) in [5.41, 5.74) is -1.14. The van der Waals surface area contributed by atoms with Crippen molar-refractivity contribution < 1.29 is 14.4 Å². The number of aromatic nitrogens is 2. The van der Waals surface area contributed by atoms with Crippen LogP contribution < -0.4 is 11.2 Å². The highest BCUT2D eigenvalue weighted by Gasteiger charge is 2.37. The van der Waals surface area contributed by atoms with E-state index in [0.717, 1.165) is 6.04 Å². The minimum absolute atomic E-state index is 0.261. The topological polar surface area (TPSA) is 107 Å². The third-order valence-electron chi connectivity index (χ3n) is 3.48. The summed E-state index contributed by atoms with van der Waals surface area (Å²) in [6.45, 7) is 6.34. The zero-order valence-corrected chi connectivity index (χ0v) is 15.3. The van der Waals surface area contributed by atoms with Crippen LogP contribution in [0.4, 0.5) is 0 Å². The first-order chi connectivity index (χ1) is 10.7. The Bertz CT molecular complexity index is 693. The van der Waals surface area contributed by atoms with Crippen molar-refractivity contribution in [1.29, 1.82) is 0 Å². The Kier molecular flexibility index (Phi) is 5.68. The molecule has 7 nitrogen and oxygen atoms in total. The molecule has 3 atom stereocenters. The fourth-order valence-corrected chi connectivity index (χ4v) is 6.28. The van der Waals surface area contributed by atoms with E-state index in [4.69, 9.17) is 4.74 Å². The summed E-state index contributed by atoms with van der Waals surface area (Å²) >= 11 is -1.30. The maximum atomic E-state index is 12.6. The van der Waals surface area contributed by atoms with E-state index in [9.17, 15) is 19.2 Å². The van der Waals surface area contributed by atoms with Crippen molar-refractivity contribution in [1.82, 2.24) is 9.55 Å². The van der Waals surface area contributed by atoms with E-state index in [-0.39, 0.29) is 6.61 Å². The lowest BCUT2D eigenvalue weighted by atomic mass is 10.4. The van der Waals surface area contributed by atoms with Crippen molar-refractivity contribution in [3.8, 4) is 0 Å². The maximum Gasteiger partial charge on any atom is 0.330 e. The van der Waals surface area contributed by atoms with Crippen LogP contribution in [0.1, 0.15) is 6.23 Å². The molecule has 2 heterocycles. The number of aromatic amines is 1. The number of H-pyrrole nitrogens is 1. The first kappa shape index (κ1) is 18.2. The Hall–Kier alpha value is -1.13. The zero-order valence-electron chi connectivity index (χ0n) is 13.4. The van der Waals surface area contributed by atoms with Gasteiger partial charge in [-0.15, -0.1) is 0 Å². The standard InChI is InChI=1S/C14H22N2O5SSi/c1-23(2,3)7-6-22(20)11-8-10(9-17)21-13(11)16-5-4-12(18)15-14(16)19/h4-5,8,10,13,17H,6-7,9H2,1-3H3,(H,15,18,19)/t10-,13+,22?/m0/s1. The van der Waals surface area contributed by atoms with Crippen LogP contribution in [-0.4, -0.2) is 45.7 Å². The molecule has 23 heavy (non-hydrogen) atoms. The highest BCUT2D eigenvalue weighted by Crippen LogP contribution is 2.33. The second kappa shape index (κ2) is 7.18. The van der Waals surface area contributed by atoms with Gasteiger partial charge in [-0.05, 0) is 17.2 Å². The van der Waals surface area contributed by atoms with Crippen LogP contribution in [-0.2, 0) is 15.9 Å². The van der Waals surface area contributed by atoms with Crippen LogP contribution >= 0.6 is 0 Å². The molecule has 2 N–H and O–H groups in total. The number of nitrogens with one attached hydrogen (secondary N) is 1. The lowest BCUT2D eigenvalue weighted by Crippen LogP contribution is -2.34. The van der Waals surface area contributed by atoms with E-state index in [2.05, 4.69) is 24.6 Å². The SMILES string of the molecule is C[Si](C)(C)CC[S+]([O-])C1=C[C@@H](CO)O[C@H]1n1ccc(=O)[nH]c1=O. The fourth-order valence-electron chi connectivity index (χ4n) is 2.15. The number of hydrogen-bond acceptors (Lipinski definition) is 5. The Labute approximate surface area is 138 Å². The average molecular weight is 358 g/mol. The Morgan fingerprint density at radius 1 is 1.43 bits per heavy atom. The zero-order chi connectivity index (χ0) is 17.2. The van der Waals surface area contributed by atoms with E-state index in [1.807, 2.05) is 0 Å². The van der Waals surface area contributed by atoms with Gasteiger partial charge in [-0.3, -0.25) is 14.3 Å². The van der Waals surface area contributed by atoms with Crippen LogP contribution in [0.15, 0.2) is 32.8 Å². The van der Waals surface area contributed by atoms with Gasteiger partial charge in [0, 0.05) is 26.4 Å². The second-order valence-electron chi connectivity index (χ2n) is 6.66. The molecular weight excluding hydrogens is 336 g/mol. The number of aliphatic hydroxyl groups is 1. The molecule has 1 unspecified atom stereocenters. The third kappa shape index (κ3) is 4.67. The quantitative estimate of drug-likeness (QED) is 0.565. The van der Waals surface area contributed by atoms with E-state index in [1.165, 1.54) is 16.8 Å². The van der Waals surface area contributed by atoms with Crippen molar-refractivity contribution in [3.05, 3.63) is 44.1 Å². The van der Waals surface area contributed by atoms with Crippen LogP contribution in [0, 0.1) is 0 Å². The first-order valence-corrected chi connectivity index (χ1v) is 12.4. The summed E-state index contributed by atoms with van der Waals surface area (Å²) in [6, 6.07) is 2.09. The molecule has 0 saturated carbocycles. The maximum absolute atomic E-state index is 12.6. The van der Waals surface area contributed by atoms with Gasteiger partial charge < -0.3 is 14.4 Å². The second-order valence-corrected chi connectivity index (χ2v) is 13.8. The van der Waals surface area contributed by atoms with Gasteiger partial charge >= 0.3 is 5.69 Å². The minimum atomic E-state index is -1.34. The number of nitrogens with zero attached hydrogens (tertiary/aromatic N) is 1. The summed E-state index contributed by atoms with van der Waals surface area (Å²) in [6.07, 6.45) is 1.46. The highest BCUT2D eigenvalue weighted by atomic mass is 32.2. The lowest BCUT2D eigenvalue weighted by Gasteiger charge is -2.22. The molecule has 1 aromatic heterocycles. The summed E-state index contributed by atoms with van der Waals surface area (Å²) < 4.78 is 19.4. The monoisotopic (exact) mass is 358 g/mol. The number of hydrogen-bond donors (Lipinski definition) is 2. The molecule has 0 radical (unpaired) electrons. The van der Waals surface area contributed by atoms with Crippen LogP contribution in [0.25, 0.3) is 0 Å². The molecule has 0 aliphatic carbocycles. The van der Waals surface area contributed by atoms with Gasteiger partial charge in [-0.2, -0.15) is 0 Å². The van der Waals surface area contributed by atoms with Crippen molar-refractivity contribution in [2.45, 2.75) is 38.0 Å². The van der Waals surface area contributed by atoms with Gasteiger partial charge in [0.2, 0.25) is 6.23 Å². The predicted molar refractivity (Wildman–Crippen MR) is 91.6 cm³/mol. The van der Waals surface area contributed by atoms with Crippen molar-refractivity contribution >= 4 is 19.2 Å². The van der Waals surface area contributed by atoms with E-state index < -0.39 is 42.8 Å². The molecule has 2 rings (SSSR count). The Morgan fingerprint density at radius 3 is 2.70 bits per heavy atom. The molecule has 0 aromatic carbocycles. The normalized spacial score (nSPS) is 22.9. The van der Waals surface area contributed by atoms with Crippen molar-refractivity contribution in [2.75, 3.05) is 12.4 Å². The summed E-state index contributed by atoms with van der Waals surface area (Å²) in [5.74, 6) is 0.498. The molecule has 9 heteroatoms. The van der Waals surface area contributed by atoms with E-state index >= 15 is 0 Å². The first-order valence-electron chi connectivity index (χ1n) is 7.39. The molecule has 128 valence electrons. The highest BCUT2D eigenvalue weighted by molar-refractivity contribution is 7.95. The lowest BCUT2D eigenvalue weighted by molar-refractivity contribution is -0.0119. The Morgan fingerprint density at radius 2 is 2.13 bits per heavy atom. The smallest absolute Gasteiger partial charge is 0.330 e. The van der Waals surface area contributed by atoms with E-state index in [0.29, 0.717) is 10.7 Å². The average Bonchev–Trinajstić information content (AvgIpc) is 2.88. The summed E-state index contributed by atoms with van der Waals surface area (Å²) in [5, 5.41) is 9.30. The molecule has 0 spiro atoms. The molecule has 1 aliphatic rings. The van der Waals surface area contributed by atoms with Gasteiger partial charge in [0.1, 0.15) is 11.9 Å². The fraction of sp³-hybridized carbons (Fsp3) is 0.571. The van der Waals surface area contributed by atoms with Gasteiger partial charge in [0.05, 0.1) is 6.61 Å². The van der Waals surface area contributed by atoms with Crippen molar-refractivity contribution in [3.63, 3.8) is 0 Å². The molecule has 0 saturated heterocycles. The van der Waals surface area contributed by atoms with Crippen molar-refractivity contribution in [2.24, 2.45) is 0 Å². The minimum Gasteiger partial charge on any atom is -0.612 e. The number of aliphatic hydroxyl groups excluding tert-OH is 1. The van der Waals surface area contributed by atoms with E-state index in [1.54, 1.807) is 6.08 Å². The largest absolute Gasteiger partial charge is 0.612 e. The molecule has 1 aromatic rings. The third-order valence-corrected chi connectivity index (χ3v) is 7.03. The van der Waals surface area contributed by atoms with Crippen LogP contribution in [0.3, 0.4) is 0 Å². The molecule has 0 amide bonds. The molecule has 0 bridgehead atoms. The molecular formula is C14H22N2O5SSi. The summed E-state index contributed by atoms with van der Waals surface area (Å²) in [4.78, 5) is 25.8. The number of ether oxygens (including phenoxy) is 1. The van der Waals surface area contributed by atoms with Gasteiger partial charge in [0.25, 0.3) is 5.56 Å². The van der Waals surface area contributed by atoms with Gasteiger partial charge in [-0.25, -0.2) is 4.79 Å². The van der Waals surface area contributed by atoms with Crippen LogP contribution in [0.2, 0.25) is 25.7 Å². The molecule has 0 fully saturated rings. The summed E-state index contributed by atoms with van der Waals surface area (Å²) in [7, 11) is -1.34. The Balaban J connectivity index is 2.26. The van der Waals surface area contributed by atoms with Crippen LogP contribution in [0.5, 0.6) is 0 Å².